The number of rotatable bonds is 1. The molecule has 1 aliphatic carbocycles. The van der Waals surface area contributed by atoms with Gasteiger partial charge in [0.1, 0.15) is 4.90 Å². The lowest BCUT2D eigenvalue weighted by molar-refractivity contribution is 0.317. The van der Waals surface area contributed by atoms with Gasteiger partial charge in [0, 0.05) is 5.38 Å². The minimum atomic E-state index is -4.16. The first-order valence-corrected chi connectivity index (χ1v) is 6.65. The first kappa shape index (κ1) is 10.6. The molecule has 0 atom stereocenters. The first-order valence-electron chi connectivity index (χ1n) is 4.33. The van der Waals surface area contributed by atoms with Gasteiger partial charge in [-0.3, -0.25) is 4.55 Å². The van der Waals surface area contributed by atoms with Crippen LogP contribution in [-0.2, 0) is 16.5 Å². The van der Waals surface area contributed by atoms with Crippen molar-refractivity contribution in [1.29, 1.82) is 0 Å². The quantitative estimate of drug-likeness (QED) is 0.447. The highest BCUT2D eigenvalue weighted by molar-refractivity contribution is 7.86. The van der Waals surface area contributed by atoms with Crippen LogP contribution >= 0.6 is 11.3 Å². The molecule has 0 saturated carbocycles. The van der Waals surface area contributed by atoms with Gasteiger partial charge in [0.2, 0.25) is 0 Å². The largest absolute Gasteiger partial charge is 0.411 e. The molecular weight excluding hydrogens is 238 g/mol. The smallest absolute Gasteiger partial charge is 0.295 e. The molecule has 82 valence electrons. The fourth-order valence-corrected chi connectivity index (χ4v) is 3.91. The van der Waals surface area contributed by atoms with E-state index in [4.69, 9.17) is 9.76 Å². The van der Waals surface area contributed by atoms with Gasteiger partial charge in [0.15, 0.2) is 0 Å². The van der Waals surface area contributed by atoms with Crippen molar-refractivity contribution in [1.82, 2.24) is 0 Å². The predicted octanol–water partition coefficient (Wildman–Crippen LogP) is 1.51. The Bertz CT molecular complexity index is 515. The van der Waals surface area contributed by atoms with Crippen molar-refractivity contribution in [3.05, 3.63) is 15.8 Å². The average Bonchev–Trinajstić information content (AvgIpc) is 2.59. The Hall–Kier alpha value is -0.920. The van der Waals surface area contributed by atoms with Crippen LogP contribution in [0.3, 0.4) is 0 Å². The average molecular weight is 247 g/mol. The molecule has 0 aliphatic heterocycles. The molecule has 1 heterocycles. The van der Waals surface area contributed by atoms with Gasteiger partial charge in [0.25, 0.3) is 10.1 Å². The summed E-state index contributed by atoms with van der Waals surface area (Å²) in [5.74, 6) is 0. The van der Waals surface area contributed by atoms with E-state index in [1.165, 1.54) is 16.7 Å². The molecule has 2 N–H and O–H groups in total. The molecule has 0 bridgehead atoms. The topological polar surface area (TPSA) is 87.0 Å². The van der Waals surface area contributed by atoms with Gasteiger partial charge < -0.3 is 5.21 Å². The van der Waals surface area contributed by atoms with E-state index in [-0.39, 0.29) is 4.90 Å². The van der Waals surface area contributed by atoms with E-state index < -0.39 is 10.1 Å². The summed E-state index contributed by atoms with van der Waals surface area (Å²) in [5.41, 5.74) is 1.07. The molecule has 5 nitrogen and oxygen atoms in total. The van der Waals surface area contributed by atoms with Crippen LogP contribution in [0.15, 0.2) is 15.4 Å². The number of hydrogen-bond donors (Lipinski definition) is 2. The highest BCUT2D eigenvalue weighted by Gasteiger charge is 2.26. The fourth-order valence-electron chi connectivity index (χ4n) is 1.70. The van der Waals surface area contributed by atoms with Crippen LogP contribution in [0.5, 0.6) is 0 Å². The molecule has 0 spiro atoms. The fraction of sp³-hybridized carbons (Fsp3) is 0.375. The predicted molar refractivity (Wildman–Crippen MR) is 55.4 cm³/mol. The van der Waals surface area contributed by atoms with E-state index in [0.717, 1.165) is 6.42 Å². The van der Waals surface area contributed by atoms with Gasteiger partial charge in [-0.2, -0.15) is 8.42 Å². The molecule has 0 saturated heterocycles. The van der Waals surface area contributed by atoms with Gasteiger partial charge >= 0.3 is 0 Å². The van der Waals surface area contributed by atoms with Gasteiger partial charge in [-0.05, 0) is 24.8 Å². The number of hydrogen-bond acceptors (Lipinski definition) is 5. The Balaban J connectivity index is 2.62. The Kier molecular flexibility index (Phi) is 2.53. The third-order valence-electron chi connectivity index (χ3n) is 2.36. The van der Waals surface area contributed by atoms with Gasteiger partial charge in [-0.15, -0.1) is 11.3 Å². The van der Waals surface area contributed by atoms with Crippen molar-refractivity contribution in [3.63, 3.8) is 0 Å². The molecule has 0 fully saturated rings. The zero-order valence-corrected chi connectivity index (χ0v) is 9.31. The van der Waals surface area contributed by atoms with Crippen molar-refractivity contribution >= 4 is 27.2 Å². The van der Waals surface area contributed by atoms with Crippen LogP contribution in [0.1, 0.15) is 23.3 Å². The lowest BCUT2D eigenvalue weighted by Gasteiger charge is -2.12. The zero-order chi connectivity index (χ0) is 11.1. The molecule has 0 unspecified atom stereocenters. The minimum absolute atomic E-state index is 0.0525. The van der Waals surface area contributed by atoms with Crippen molar-refractivity contribution in [3.8, 4) is 0 Å². The number of fused-ring (bicyclic) bond motifs is 1. The summed E-state index contributed by atoms with van der Waals surface area (Å²) in [6.45, 7) is 0. The summed E-state index contributed by atoms with van der Waals surface area (Å²) in [6.07, 6.45) is 1.95. The van der Waals surface area contributed by atoms with Crippen LogP contribution in [0.25, 0.3) is 0 Å². The Morgan fingerprint density at radius 2 is 2.13 bits per heavy atom. The van der Waals surface area contributed by atoms with Gasteiger partial charge in [0.05, 0.1) is 10.6 Å². The van der Waals surface area contributed by atoms with E-state index in [9.17, 15) is 8.42 Å². The summed E-state index contributed by atoms with van der Waals surface area (Å²) in [7, 11) is -4.16. The van der Waals surface area contributed by atoms with E-state index in [0.29, 0.717) is 29.0 Å². The highest BCUT2D eigenvalue weighted by atomic mass is 32.2. The van der Waals surface area contributed by atoms with Crippen LogP contribution in [0.4, 0.5) is 0 Å². The Morgan fingerprint density at radius 3 is 2.73 bits per heavy atom. The molecule has 1 aromatic rings. The summed E-state index contributed by atoms with van der Waals surface area (Å²) < 4.78 is 31.0. The summed E-state index contributed by atoms with van der Waals surface area (Å²) >= 11 is 1.18. The molecule has 0 amide bonds. The van der Waals surface area contributed by atoms with Gasteiger partial charge in [-0.1, -0.05) is 5.16 Å². The Labute approximate surface area is 90.8 Å². The van der Waals surface area contributed by atoms with Crippen LogP contribution < -0.4 is 0 Å². The standard InChI is InChI=1S/C8H9NO4S2/c10-9-6-3-1-2-5-7(15(11,12)13)4-14-8(5)6/h4,10H,1-3H2,(H,11,12,13)/b9-6+. The normalized spacial score (nSPS) is 19.1. The SMILES string of the molecule is O=S(=O)(O)c1csc2c1CCC/C2=N\O. The Morgan fingerprint density at radius 1 is 1.40 bits per heavy atom. The van der Waals surface area contributed by atoms with E-state index in [1.807, 2.05) is 0 Å². The first-order chi connectivity index (χ1) is 7.04. The second-order valence-electron chi connectivity index (χ2n) is 3.28. The molecule has 1 aliphatic rings. The van der Waals surface area contributed by atoms with Crippen molar-refractivity contribution in [2.75, 3.05) is 0 Å². The molecular formula is C8H9NO4S2. The molecule has 1 aromatic heterocycles. The third-order valence-corrected chi connectivity index (χ3v) is 4.50. The van der Waals surface area contributed by atoms with Crippen molar-refractivity contribution < 1.29 is 18.2 Å². The third kappa shape index (κ3) is 1.77. The maximum absolute atomic E-state index is 11.0. The lowest BCUT2D eigenvalue weighted by Crippen LogP contribution is -2.11. The van der Waals surface area contributed by atoms with Crippen molar-refractivity contribution in [2.24, 2.45) is 5.16 Å². The summed E-state index contributed by atoms with van der Waals surface area (Å²) in [6, 6.07) is 0. The van der Waals surface area contributed by atoms with Crippen LogP contribution in [0.2, 0.25) is 0 Å². The van der Waals surface area contributed by atoms with Crippen LogP contribution in [0, 0.1) is 0 Å². The summed E-state index contributed by atoms with van der Waals surface area (Å²) in [5, 5.41) is 13.3. The second-order valence-corrected chi connectivity index (χ2v) is 5.55. The van der Waals surface area contributed by atoms with E-state index in [1.54, 1.807) is 0 Å². The number of thiophene rings is 1. The molecule has 0 radical (unpaired) electrons. The van der Waals surface area contributed by atoms with Gasteiger partial charge in [-0.25, -0.2) is 0 Å². The molecule has 15 heavy (non-hydrogen) atoms. The maximum atomic E-state index is 11.0. The molecule has 0 aromatic carbocycles. The summed E-state index contributed by atoms with van der Waals surface area (Å²) in [4.78, 5) is 0.611. The van der Waals surface area contributed by atoms with Crippen LogP contribution in [-0.4, -0.2) is 23.9 Å². The van der Waals surface area contributed by atoms with E-state index >= 15 is 0 Å². The minimum Gasteiger partial charge on any atom is -0.411 e. The van der Waals surface area contributed by atoms with Crippen molar-refractivity contribution in [2.45, 2.75) is 24.2 Å². The van der Waals surface area contributed by atoms with E-state index in [2.05, 4.69) is 5.16 Å². The molecule has 7 heteroatoms. The molecule has 2 rings (SSSR count). The highest BCUT2D eigenvalue weighted by Crippen LogP contribution is 2.33. The number of oxime groups is 1. The monoisotopic (exact) mass is 247 g/mol. The number of nitrogens with zero attached hydrogens (tertiary/aromatic N) is 1. The zero-order valence-electron chi connectivity index (χ0n) is 7.67. The lowest BCUT2D eigenvalue weighted by atomic mass is 9.98. The second kappa shape index (κ2) is 3.58. The maximum Gasteiger partial charge on any atom is 0.295 e.